The van der Waals surface area contributed by atoms with Crippen molar-refractivity contribution in [3.63, 3.8) is 0 Å². The van der Waals surface area contributed by atoms with Crippen LogP contribution < -0.4 is 5.32 Å². The molecule has 0 heterocycles. The summed E-state index contributed by atoms with van der Waals surface area (Å²) in [6, 6.07) is 4.78. The highest BCUT2D eigenvalue weighted by Crippen LogP contribution is 2.38. The van der Waals surface area contributed by atoms with Crippen molar-refractivity contribution in [2.75, 3.05) is 5.32 Å². The first-order valence-corrected chi connectivity index (χ1v) is 7.38. The van der Waals surface area contributed by atoms with E-state index in [1.807, 2.05) is 0 Å². The molecule has 0 aromatic heterocycles. The smallest absolute Gasteiger partial charge is 0.289 e. The Hall–Kier alpha value is -0.810. The van der Waals surface area contributed by atoms with Crippen LogP contribution in [0.4, 0.5) is 14.5 Å². The third-order valence-electron chi connectivity index (χ3n) is 3.16. The van der Waals surface area contributed by atoms with Crippen LogP contribution in [0, 0.1) is 5.92 Å². The SMILES string of the molecule is O=C(Nc1cccc(Cl)c1SC(F)F)C1CCCC1. The van der Waals surface area contributed by atoms with E-state index in [0.717, 1.165) is 25.7 Å². The standard InChI is InChI=1S/C13H14ClF2NOS/c14-9-6-3-7-10(11(9)19-13(15)16)17-12(18)8-4-1-2-5-8/h3,6-8,13H,1-2,4-5H2,(H,17,18). The van der Waals surface area contributed by atoms with Crippen LogP contribution in [0.2, 0.25) is 5.02 Å². The van der Waals surface area contributed by atoms with Crippen LogP contribution in [0.1, 0.15) is 25.7 Å². The van der Waals surface area contributed by atoms with Crippen LogP contribution >= 0.6 is 23.4 Å². The van der Waals surface area contributed by atoms with Crippen LogP contribution in [0.25, 0.3) is 0 Å². The number of rotatable bonds is 4. The first-order valence-electron chi connectivity index (χ1n) is 6.12. The molecule has 6 heteroatoms. The maximum absolute atomic E-state index is 12.5. The van der Waals surface area contributed by atoms with Crippen molar-refractivity contribution >= 4 is 35.0 Å². The molecule has 0 saturated heterocycles. The Labute approximate surface area is 119 Å². The average molecular weight is 306 g/mol. The normalized spacial score (nSPS) is 16.0. The van der Waals surface area contributed by atoms with Gasteiger partial charge in [-0.25, -0.2) is 0 Å². The molecule has 1 aliphatic rings. The lowest BCUT2D eigenvalue weighted by atomic mass is 10.1. The Balaban J connectivity index is 2.14. The summed E-state index contributed by atoms with van der Waals surface area (Å²) in [6.45, 7) is 0. The molecule has 1 amide bonds. The van der Waals surface area contributed by atoms with Gasteiger partial charge in [-0.3, -0.25) is 4.79 Å². The number of amides is 1. The number of thioether (sulfide) groups is 1. The van der Waals surface area contributed by atoms with Gasteiger partial charge in [0.15, 0.2) is 0 Å². The van der Waals surface area contributed by atoms with Crippen molar-refractivity contribution in [3.05, 3.63) is 23.2 Å². The Morgan fingerprint density at radius 2 is 2.05 bits per heavy atom. The van der Waals surface area contributed by atoms with Gasteiger partial charge >= 0.3 is 0 Å². The highest BCUT2D eigenvalue weighted by molar-refractivity contribution is 7.99. The predicted octanol–water partition coefficient (Wildman–Crippen LogP) is 4.78. The number of carbonyl (C=O) groups is 1. The molecule has 19 heavy (non-hydrogen) atoms. The molecule has 1 saturated carbocycles. The molecule has 1 aromatic carbocycles. The molecule has 0 spiro atoms. The van der Waals surface area contributed by atoms with Gasteiger partial charge in [-0.15, -0.1) is 0 Å². The van der Waals surface area contributed by atoms with Crippen molar-refractivity contribution < 1.29 is 13.6 Å². The molecule has 0 aliphatic heterocycles. The second-order valence-corrected chi connectivity index (χ2v) is 5.87. The number of hydrogen-bond acceptors (Lipinski definition) is 2. The molecule has 0 unspecified atom stereocenters. The van der Waals surface area contributed by atoms with Gasteiger partial charge in [-0.1, -0.05) is 42.3 Å². The lowest BCUT2D eigenvalue weighted by molar-refractivity contribution is -0.119. The first-order chi connectivity index (χ1) is 9.08. The molecule has 0 radical (unpaired) electrons. The minimum atomic E-state index is -2.57. The highest BCUT2D eigenvalue weighted by atomic mass is 35.5. The predicted molar refractivity (Wildman–Crippen MR) is 73.9 cm³/mol. The molecule has 104 valence electrons. The van der Waals surface area contributed by atoms with E-state index in [0.29, 0.717) is 17.4 Å². The number of nitrogens with one attached hydrogen (secondary N) is 1. The zero-order valence-electron chi connectivity index (χ0n) is 10.2. The third-order valence-corrected chi connectivity index (χ3v) is 4.44. The van der Waals surface area contributed by atoms with Gasteiger partial charge in [0, 0.05) is 5.92 Å². The van der Waals surface area contributed by atoms with Crippen LogP contribution in [-0.4, -0.2) is 11.7 Å². The van der Waals surface area contributed by atoms with Gasteiger partial charge in [0.2, 0.25) is 5.91 Å². The molecular weight excluding hydrogens is 292 g/mol. The summed E-state index contributed by atoms with van der Waals surface area (Å²) >= 11 is 6.27. The fourth-order valence-electron chi connectivity index (χ4n) is 2.24. The Bertz CT molecular complexity index is 464. The second kappa shape index (κ2) is 6.57. The zero-order valence-corrected chi connectivity index (χ0v) is 11.7. The van der Waals surface area contributed by atoms with Gasteiger partial charge in [-0.05, 0) is 25.0 Å². The van der Waals surface area contributed by atoms with Crippen LogP contribution in [-0.2, 0) is 4.79 Å². The summed E-state index contributed by atoms with van der Waals surface area (Å²) in [6.07, 6.45) is 3.83. The van der Waals surface area contributed by atoms with E-state index in [1.165, 1.54) is 6.07 Å². The molecule has 2 rings (SSSR count). The summed E-state index contributed by atoms with van der Waals surface area (Å²) in [4.78, 5) is 12.2. The number of benzene rings is 1. The second-order valence-electron chi connectivity index (χ2n) is 4.47. The maximum atomic E-state index is 12.5. The number of halogens is 3. The van der Waals surface area contributed by atoms with Crippen molar-refractivity contribution in [3.8, 4) is 0 Å². The number of anilines is 1. The maximum Gasteiger partial charge on any atom is 0.289 e. The van der Waals surface area contributed by atoms with Crippen LogP contribution in [0.15, 0.2) is 23.1 Å². The molecule has 2 nitrogen and oxygen atoms in total. The molecule has 1 N–H and O–H groups in total. The number of carbonyl (C=O) groups excluding carboxylic acids is 1. The monoisotopic (exact) mass is 305 g/mol. The van der Waals surface area contributed by atoms with Crippen LogP contribution in [0.5, 0.6) is 0 Å². The number of alkyl halides is 2. The summed E-state index contributed by atoms with van der Waals surface area (Å²) in [5.41, 5.74) is 0.370. The van der Waals surface area contributed by atoms with E-state index in [-0.39, 0.29) is 21.7 Å². The van der Waals surface area contributed by atoms with E-state index >= 15 is 0 Å². The number of hydrogen-bond donors (Lipinski definition) is 1. The van der Waals surface area contributed by atoms with Crippen molar-refractivity contribution in [2.45, 2.75) is 36.3 Å². The Morgan fingerprint density at radius 3 is 2.68 bits per heavy atom. The van der Waals surface area contributed by atoms with Gasteiger partial charge in [0.1, 0.15) is 0 Å². The fraction of sp³-hybridized carbons (Fsp3) is 0.462. The zero-order chi connectivity index (χ0) is 13.8. The molecular formula is C13H14ClF2NOS. The quantitative estimate of drug-likeness (QED) is 0.811. The van der Waals surface area contributed by atoms with Gasteiger partial charge in [0.25, 0.3) is 5.76 Å². The van der Waals surface area contributed by atoms with Crippen molar-refractivity contribution in [1.29, 1.82) is 0 Å². The average Bonchev–Trinajstić information content (AvgIpc) is 2.87. The van der Waals surface area contributed by atoms with Gasteiger partial charge in [-0.2, -0.15) is 8.78 Å². The minimum absolute atomic E-state index is 0.0108. The topological polar surface area (TPSA) is 29.1 Å². The Kier molecular flexibility index (Phi) is 5.05. The third kappa shape index (κ3) is 3.83. The molecule has 1 aliphatic carbocycles. The van der Waals surface area contributed by atoms with Gasteiger partial charge in [0.05, 0.1) is 15.6 Å². The van der Waals surface area contributed by atoms with E-state index in [4.69, 9.17) is 11.6 Å². The first kappa shape index (κ1) is 14.6. The highest BCUT2D eigenvalue weighted by Gasteiger charge is 2.24. The lowest BCUT2D eigenvalue weighted by Gasteiger charge is -2.14. The summed E-state index contributed by atoms with van der Waals surface area (Å²) in [5, 5.41) is 2.95. The van der Waals surface area contributed by atoms with E-state index in [9.17, 15) is 13.6 Å². The van der Waals surface area contributed by atoms with E-state index in [2.05, 4.69) is 5.32 Å². The lowest BCUT2D eigenvalue weighted by Crippen LogP contribution is -2.20. The van der Waals surface area contributed by atoms with Crippen molar-refractivity contribution in [1.82, 2.24) is 0 Å². The molecule has 1 fully saturated rings. The van der Waals surface area contributed by atoms with E-state index in [1.54, 1.807) is 12.1 Å². The molecule has 0 atom stereocenters. The minimum Gasteiger partial charge on any atom is -0.325 e. The fourth-order valence-corrected chi connectivity index (χ4v) is 3.15. The summed E-state index contributed by atoms with van der Waals surface area (Å²) in [7, 11) is 0. The Morgan fingerprint density at radius 1 is 1.37 bits per heavy atom. The molecule has 0 bridgehead atoms. The summed E-state index contributed by atoms with van der Waals surface area (Å²) < 4.78 is 25.0. The van der Waals surface area contributed by atoms with Crippen LogP contribution in [0.3, 0.4) is 0 Å². The van der Waals surface area contributed by atoms with Gasteiger partial charge < -0.3 is 5.32 Å². The van der Waals surface area contributed by atoms with E-state index < -0.39 is 5.76 Å². The largest absolute Gasteiger partial charge is 0.325 e. The van der Waals surface area contributed by atoms with Crippen molar-refractivity contribution in [2.24, 2.45) is 5.92 Å². The molecule has 1 aromatic rings. The summed E-state index contributed by atoms with van der Waals surface area (Å²) in [5.74, 6) is -2.68.